The predicted molar refractivity (Wildman–Crippen MR) is 89.6 cm³/mol. The van der Waals surface area contributed by atoms with Gasteiger partial charge in [-0.15, -0.1) is 0 Å². The lowest BCUT2D eigenvalue weighted by Crippen LogP contribution is -2.27. The molecule has 1 N–H and O–H groups in total. The average Bonchev–Trinajstić information content (AvgIpc) is 3.30. The van der Waals surface area contributed by atoms with Crippen LogP contribution in [0.4, 0.5) is 0 Å². The summed E-state index contributed by atoms with van der Waals surface area (Å²) in [6, 6.07) is 21.1. The first-order valence-electron chi connectivity index (χ1n) is 8.13. The second-order valence-electron chi connectivity index (χ2n) is 6.27. The second kappa shape index (κ2) is 6.78. The van der Waals surface area contributed by atoms with Gasteiger partial charge >= 0.3 is 0 Å². The lowest BCUT2D eigenvalue weighted by atomic mass is 9.88. The summed E-state index contributed by atoms with van der Waals surface area (Å²) in [5, 5.41) is 3.11. The molecule has 0 aromatic heterocycles. The molecule has 2 atom stereocenters. The first-order chi connectivity index (χ1) is 10.8. The van der Waals surface area contributed by atoms with Crippen molar-refractivity contribution >= 4 is 5.91 Å². The molecule has 1 aliphatic carbocycles. The highest BCUT2D eigenvalue weighted by Crippen LogP contribution is 2.37. The van der Waals surface area contributed by atoms with Crippen LogP contribution in [0.25, 0.3) is 0 Å². The number of benzene rings is 2. The number of nitrogens with one attached hydrogen (secondary N) is 1. The second-order valence-corrected chi connectivity index (χ2v) is 6.27. The maximum atomic E-state index is 12.0. The standard InChI is InChI=1S/C20H23NO/c1-15-14-19(15)20(22)21-13-12-18(16-8-4-2-5-9-16)17-10-6-3-7-11-17/h2-11,15,18-19H,12-14H2,1H3,(H,21,22)/t15-,19+/m0/s1. The van der Waals surface area contributed by atoms with Gasteiger partial charge in [-0.25, -0.2) is 0 Å². The Morgan fingerprint density at radius 1 is 1.05 bits per heavy atom. The van der Waals surface area contributed by atoms with Crippen LogP contribution in [0.2, 0.25) is 0 Å². The minimum atomic E-state index is 0.229. The van der Waals surface area contributed by atoms with Crippen LogP contribution in [0.1, 0.15) is 36.8 Å². The molecule has 3 rings (SSSR count). The summed E-state index contributed by atoms with van der Waals surface area (Å²) in [7, 11) is 0. The fraction of sp³-hybridized carbons (Fsp3) is 0.350. The van der Waals surface area contributed by atoms with E-state index in [4.69, 9.17) is 0 Å². The lowest BCUT2D eigenvalue weighted by Gasteiger charge is -2.18. The molecule has 0 saturated heterocycles. The minimum Gasteiger partial charge on any atom is -0.356 e. The summed E-state index contributed by atoms with van der Waals surface area (Å²) in [6.45, 7) is 2.87. The molecule has 1 saturated carbocycles. The van der Waals surface area contributed by atoms with Crippen LogP contribution in [-0.4, -0.2) is 12.5 Å². The summed E-state index contributed by atoms with van der Waals surface area (Å²) in [5.74, 6) is 1.39. The Hall–Kier alpha value is -2.09. The van der Waals surface area contributed by atoms with E-state index >= 15 is 0 Å². The van der Waals surface area contributed by atoms with Crippen LogP contribution in [0, 0.1) is 11.8 Å². The summed E-state index contributed by atoms with van der Waals surface area (Å²) < 4.78 is 0. The van der Waals surface area contributed by atoms with Crippen LogP contribution >= 0.6 is 0 Å². The fourth-order valence-electron chi connectivity index (χ4n) is 3.05. The molecule has 0 aliphatic heterocycles. The third-order valence-corrected chi connectivity index (χ3v) is 4.58. The molecule has 0 spiro atoms. The number of carbonyl (C=O) groups is 1. The molecule has 0 unspecified atom stereocenters. The first kappa shape index (κ1) is 14.8. The largest absolute Gasteiger partial charge is 0.356 e. The molecule has 2 aromatic rings. The molecule has 0 heterocycles. The molecule has 1 aliphatic rings. The third-order valence-electron chi connectivity index (χ3n) is 4.58. The molecule has 0 radical (unpaired) electrons. The zero-order chi connectivity index (χ0) is 15.4. The number of hydrogen-bond acceptors (Lipinski definition) is 1. The van der Waals surface area contributed by atoms with Gasteiger partial charge in [0.05, 0.1) is 0 Å². The van der Waals surface area contributed by atoms with Crippen LogP contribution in [0.15, 0.2) is 60.7 Å². The number of amides is 1. The Morgan fingerprint density at radius 3 is 2.00 bits per heavy atom. The zero-order valence-corrected chi connectivity index (χ0v) is 13.0. The summed E-state index contributed by atoms with van der Waals surface area (Å²) in [6.07, 6.45) is 1.98. The van der Waals surface area contributed by atoms with Crippen molar-refractivity contribution in [2.75, 3.05) is 6.54 Å². The van der Waals surface area contributed by atoms with E-state index in [9.17, 15) is 4.79 Å². The van der Waals surface area contributed by atoms with Gasteiger partial charge in [0.2, 0.25) is 5.91 Å². The maximum absolute atomic E-state index is 12.0. The molecule has 2 nitrogen and oxygen atoms in total. The minimum absolute atomic E-state index is 0.229. The highest BCUT2D eigenvalue weighted by molar-refractivity contribution is 5.81. The quantitative estimate of drug-likeness (QED) is 0.857. The monoisotopic (exact) mass is 293 g/mol. The Balaban J connectivity index is 1.66. The van der Waals surface area contributed by atoms with Crippen molar-refractivity contribution in [3.05, 3.63) is 71.8 Å². The molecule has 2 heteroatoms. The van der Waals surface area contributed by atoms with Crippen LogP contribution in [-0.2, 0) is 4.79 Å². The van der Waals surface area contributed by atoms with E-state index in [0.717, 1.165) is 19.4 Å². The number of rotatable bonds is 6. The van der Waals surface area contributed by atoms with E-state index < -0.39 is 0 Å². The molecule has 0 bridgehead atoms. The number of hydrogen-bond donors (Lipinski definition) is 1. The third kappa shape index (κ3) is 3.56. The van der Waals surface area contributed by atoms with Crippen molar-refractivity contribution < 1.29 is 4.79 Å². The van der Waals surface area contributed by atoms with Gasteiger partial charge < -0.3 is 5.32 Å². The van der Waals surface area contributed by atoms with Crippen molar-refractivity contribution in [1.29, 1.82) is 0 Å². The van der Waals surface area contributed by atoms with Crippen LogP contribution < -0.4 is 5.32 Å². The van der Waals surface area contributed by atoms with Crippen LogP contribution in [0.3, 0.4) is 0 Å². The van der Waals surface area contributed by atoms with E-state index in [1.807, 2.05) is 12.1 Å². The van der Waals surface area contributed by atoms with Crippen molar-refractivity contribution in [2.24, 2.45) is 11.8 Å². The maximum Gasteiger partial charge on any atom is 0.223 e. The van der Waals surface area contributed by atoms with Crippen molar-refractivity contribution in [2.45, 2.75) is 25.7 Å². The van der Waals surface area contributed by atoms with Gasteiger partial charge in [0, 0.05) is 18.4 Å². The number of carbonyl (C=O) groups excluding carboxylic acids is 1. The van der Waals surface area contributed by atoms with Crippen molar-refractivity contribution in [1.82, 2.24) is 5.32 Å². The van der Waals surface area contributed by atoms with E-state index in [0.29, 0.717) is 11.8 Å². The van der Waals surface area contributed by atoms with Gasteiger partial charge in [0.25, 0.3) is 0 Å². The smallest absolute Gasteiger partial charge is 0.223 e. The molecule has 22 heavy (non-hydrogen) atoms. The highest BCUT2D eigenvalue weighted by atomic mass is 16.2. The first-order valence-corrected chi connectivity index (χ1v) is 8.13. The lowest BCUT2D eigenvalue weighted by molar-refractivity contribution is -0.122. The normalized spacial score (nSPS) is 19.9. The van der Waals surface area contributed by atoms with E-state index in [1.54, 1.807) is 0 Å². The molecule has 1 fully saturated rings. The summed E-state index contributed by atoms with van der Waals surface area (Å²) in [4.78, 5) is 12.0. The van der Waals surface area contributed by atoms with Gasteiger partial charge in [-0.05, 0) is 29.9 Å². The van der Waals surface area contributed by atoms with Gasteiger partial charge in [-0.1, -0.05) is 67.6 Å². The van der Waals surface area contributed by atoms with E-state index in [1.165, 1.54) is 11.1 Å². The van der Waals surface area contributed by atoms with Crippen molar-refractivity contribution in [3.8, 4) is 0 Å². The molecule has 2 aromatic carbocycles. The molecule has 114 valence electrons. The van der Waals surface area contributed by atoms with E-state index in [-0.39, 0.29) is 11.8 Å². The predicted octanol–water partition coefficient (Wildman–Crippen LogP) is 3.98. The highest BCUT2D eigenvalue weighted by Gasteiger charge is 2.38. The molecule has 1 amide bonds. The SMILES string of the molecule is C[C@H]1C[C@H]1C(=O)NCCC(c1ccccc1)c1ccccc1. The Labute approximate surface area is 132 Å². The average molecular weight is 293 g/mol. The van der Waals surface area contributed by atoms with Crippen LogP contribution in [0.5, 0.6) is 0 Å². The Morgan fingerprint density at radius 2 is 1.55 bits per heavy atom. The van der Waals surface area contributed by atoms with Gasteiger partial charge in [0.15, 0.2) is 0 Å². The van der Waals surface area contributed by atoms with Gasteiger partial charge in [-0.3, -0.25) is 4.79 Å². The fourth-order valence-corrected chi connectivity index (χ4v) is 3.05. The van der Waals surface area contributed by atoms with Gasteiger partial charge in [0.1, 0.15) is 0 Å². The Kier molecular flexibility index (Phi) is 4.57. The zero-order valence-electron chi connectivity index (χ0n) is 13.0. The summed E-state index contributed by atoms with van der Waals surface area (Å²) in [5.41, 5.74) is 2.62. The Bertz CT molecular complexity index is 569. The molecular weight excluding hydrogens is 270 g/mol. The molecular formula is C20H23NO. The summed E-state index contributed by atoms with van der Waals surface area (Å²) >= 11 is 0. The topological polar surface area (TPSA) is 29.1 Å². The van der Waals surface area contributed by atoms with Gasteiger partial charge in [-0.2, -0.15) is 0 Å². The van der Waals surface area contributed by atoms with Crippen molar-refractivity contribution in [3.63, 3.8) is 0 Å². The van der Waals surface area contributed by atoms with E-state index in [2.05, 4.69) is 60.8 Å².